The quantitative estimate of drug-likeness (QED) is 0.741. The molecule has 0 radical (unpaired) electrons. The van der Waals surface area contributed by atoms with Gasteiger partial charge in [-0.1, -0.05) is 36.3 Å². The van der Waals surface area contributed by atoms with Gasteiger partial charge in [0, 0.05) is 6.54 Å². The molecular weight excluding hydrogens is 248 g/mol. The first-order valence-corrected chi connectivity index (χ1v) is 6.90. The van der Waals surface area contributed by atoms with Crippen LogP contribution in [-0.2, 0) is 11.2 Å². The van der Waals surface area contributed by atoms with Crippen molar-refractivity contribution < 1.29 is 4.79 Å². The van der Waals surface area contributed by atoms with Crippen molar-refractivity contribution in [1.82, 2.24) is 4.90 Å². The van der Waals surface area contributed by atoms with E-state index in [1.54, 1.807) is 4.90 Å². The van der Waals surface area contributed by atoms with Crippen molar-refractivity contribution in [2.75, 3.05) is 13.1 Å². The van der Waals surface area contributed by atoms with Crippen LogP contribution in [0, 0.1) is 35.5 Å². The molecule has 102 valence electrons. The molecule has 3 heteroatoms. The van der Waals surface area contributed by atoms with Crippen molar-refractivity contribution in [2.45, 2.75) is 19.3 Å². The summed E-state index contributed by atoms with van der Waals surface area (Å²) in [7, 11) is 0. The van der Waals surface area contributed by atoms with Gasteiger partial charge in [-0.15, -0.1) is 6.42 Å². The third kappa shape index (κ3) is 3.87. The number of carbonyl (C=O) groups is 1. The standard InChI is InChI=1S/C17H18N2O/c1-2-10-19(13-15-8-9-15)17(20)16(12-18)11-14-6-4-3-5-7-14/h1,3-7,15-16H,8-11,13H2. The summed E-state index contributed by atoms with van der Waals surface area (Å²) in [5.41, 5.74) is 1.000. The van der Waals surface area contributed by atoms with E-state index in [1.807, 2.05) is 30.3 Å². The van der Waals surface area contributed by atoms with Gasteiger partial charge >= 0.3 is 0 Å². The van der Waals surface area contributed by atoms with E-state index >= 15 is 0 Å². The zero-order chi connectivity index (χ0) is 14.4. The molecule has 1 aromatic carbocycles. The molecule has 0 aromatic heterocycles. The van der Waals surface area contributed by atoms with Gasteiger partial charge in [-0.05, 0) is 30.7 Å². The maximum absolute atomic E-state index is 12.4. The lowest BCUT2D eigenvalue weighted by Gasteiger charge is -2.22. The molecule has 1 fully saturated rings. The smallest absolute Gasteiger partial charge is 0.241 e. The van der Waals surface area contributed by atoms with Gasteiger partial charge in [0.25, 0.3) is 0 Å². The normalized spacial score (nSPS) is 14.9. The zero-order valence-corrected chi connectivity index (χ0v) is 11.5. The molecule has 0 aliphatic heterocycles. The molecule has 1 aliphatic carbocycles. The van der Waals surface area contributed by atoms with Crippen LogP contribution >= 0.6 is 0 Å². The predicted octanol–water partition coefficient (Wildman–Crippen LogP) is 2.24. The maximum atomic E-state index is 12.4. The average Bonchev–Trinajstić information content (AvgIpc) is 3.29. The lowest BCUT2D eigenvalue weighted by molar-refractivity contribution is -0.133. The molecule has 3 nitrogen and oxygen atoms in total. The molecule has 1 unspecified atom stereocenters. The van der Waals surface area contributed by atoms with E-state index in [0.29, 0.717) is 25.4 Å². The Kier molecular flexibility index (Phi) is 4.80. The van der Waals surface area contributed by atoms with Crippen molar-refractivity contribution in [3.05, 3.63) is 35.9 Å². The van der Waals surface area contributed by atoms with Crippen LogP contribution in [0.5, 0.6) is 0 Å². The molecule has 1 aromatic rings. The van der Waals surface area contributed by atoms with Crippen LogP contribution in [0.3, 0.4) is 0 Å². The minimum Gasteiger partial charge on any atom is -0.330 e. The van der Waals surface area contributed by atoms with Crippen LogP contribution in [-0.4, -0.2) is 23.9 Å². The zero-order valence-electron chi connectivity index (χ0n) is 11.5. The molecular formula is C17H18N2O. The van der Waals surface area contributed by atoms with Crippen molar-refractivity contribution in [1.29, 1.82) is 5.26 Å². The number of rotatable bonds is 6. The number of benzene rings is 1. The largest absolute Gasteiger partial charge is 0.330 e. The van der Waals surface area contributed by atoms with Gasteiger partial charge in [-0.2, -0.15) is 5.26 Å². The third-order valence-corrected chi connectivity index (χ3v) is 3.51. The van der Waals surface area contributed by atoms with Gasteiger partial charge in [-0.25, -0.2) is 0 Å². The SMILES string of the molecule is C#CCN(CC1CC1)C(=O)C(C#N)Cc1ccccc1. The molecule has 1 saturated carbocycles. The summed E-state index contributed by atoms with van der Waals surface area (Å²) in [6.07, 6.45) is 8.09. The van der Waals surface area contributed by atoms with Crippen LogP contribution in [0.15, 0.2) is 30.3 Å². The fourth-order valence-electron chi connectivity index (χ4n) is 2.21. The number of nitrogens with zero attached hydrogens (tertiary/aromatic N) is 2. The molecule has 0 N–H and O–H groups in total. The second-order valence-corrected chi connectivity index (χ2v) is 5.24. The number of hydrogen-bond donors (Lipinski definition) is 0. The van der Waals surface area contributed by atoms with Gasteiger partial charge in [0.2, 0.25) is 5.91 Å². The number of hydrogen-bond acceptors (Lipinski definition) is 2. The van der Waals surface area contributed by atoms with E-state index in [-0.39, 0.29) is 5.91 Å². The minimum absolute atomic E-state index is 0.138. The molecule has 2 rings (SSSR count). The minimum atomic E-state index is -0.649. The van der Waals surface area contributed by atoms with E-state index in [1.165, 1.54) is 0 Å². The van der Waals surface area contributed by atoms with Gasteiger partial charge < -0.3 is 4.90 Å². The van der Waals surface area contributed by atoms with Crippen LogP contribution in [0.25, 0.3) is 0 Å². The van der Waals surface area contributed by atoms with Crippen LogP contribution < -0.4 is 0 Å². The highest BCUT2D eigenvalue weighted by molar-refractivity contribution is 5.81. The fraction of sp³-hybridized carbons (Fsp3) is 0.412. The highest BCUT2D eigenvalue weighted by Crippen LogP contribution is 2.30. The van der Waals surface area contributed by atoms with E-state index in [2.05, 4.69) is 12.0 Å². The van der Waals surface area contributed by atoms with Crippen molar-refractivity contribution in [3.8, 4) is 18.4 Å². The summed E-state index contributed by atoms with van der Waals surface area (Å²) in [4.78, 5) is 14.1. The van der Waals surface area contributed by atoms with Crippen LogP contribution in [0.4, 0.5) is 0 Å². The molecule has 1 amide bonds. The summed E-state index contributed by atoms with van der Waals surface area (Å²) in [5.74, 6) is 2.31. The van der Waals surface area contributed by atoms with Crippen molar-refractivity contribution >= 4 is 5.91 Å². The lowest BCUT2D eigenvalue weighted by atomic mass is 9.99. The Labute approximate surface area is 120 Å². The highest BCUT2D eigenvalue weighted by atomic mass is 16.2. The number of terminal acetylenes is 1. The Morgan fingerprint density at radius 2 is 2.10 bits per heavy atom. The van der Waals surface area contributed by atoms with Gasteiger partial charge in [0.15, 0.2) is 0 Å². The lowest BCUT2D eigenvalue weighted by Crippen LogP contribution is -2.38. The second-order valence-electron chi connectivity index (χ2n) is 5.24. The monoisotopic (exact) mass is 266 g/mol. The summed E-state index contributed by atoms with van der Waals surface area (Å²) >= 11 is 0. The fourth-order valence-corrected chi connectivity index (χ4v) is 2.21. The van der Waals surface area contributed by atoms with E-state index in [9.17, 15) is 10.1 Å². The Morgan fingerprint density at radius 3 is 2.65 bits per heavy atom. The van der Waals surface area contributed by atoms with E-state index < -0.39 is 5.92 Å². The maximum Gasteiger partial charge on any atom is 0.241 e. The molecule has 0 saturated heterocycles. The second kappa shape index (κ2) is 6.78. The molecule has 0 bridgehead atoms. The average molecular weight is 266 g/mol. The number of amides is 1. The number of nitriles is 1. The molecule has 0 heterocycles. The Bertz CT molecular complexity index is 534. The topological polar surface area (TPSA) is 44.1 Å². The van der Waals surface area contributed by atoms with Crippen LogP contribution in [0.2, 0.25) is 0 Å². The summed E-state index contributed by atoms with van der Waals surface area (Å²) in [6.45, 7) is 0.984. The Hall–Kier alpha value is -2.26. The molecule has 1 aliphatic rings. The molecule has 0 spiro atoms. The Balaban J connectivity index is 2.03. The van der Waals surface area contributed by atoms with Gasteiger partial charge in [0.05, 0.1) is 12.6 Å². The van der Waals surface area contributed by atoms with Crippen molar-refractivity contribution in [2.24, 2.45) is 11.8 Å². The predicted molar refractivity (Wildman–Crippen MR) is 77.4 cm³/mol. The highest BCUT2D eigenvalue weighted by Gasteiger charge is 2.30. The first-order valence-electron chi connectivity index (χ1n) is 6.90. The molecule has 1 atom stereocenters. The third-order valence-electron chi connectivity index (χ3n) is 3.51. The van der Waals surface area contributed by atoms with E-state index in [0.717, 1.165) is 18.4 Å². The van der Waals surface area contributed by atoms with E-state index in [4.69, 9.17) is 6.42 Å². The first-order chi connectivity index (χ1) is 9.74. The number of carbonyl (C=O) groups excluding carboxylic acids is 1. The first kappa shape index (κ1) is 14.2. The summed E-state index contributed by atoms with van der Waals surface area (Å²) in [6, 6.07) is 11.7. The van der Waals surface area contributed by atoms with Gasteiger partial charge in [0.1, 0.15) is 5.92 Å². The summed E-state index contributed by atoms with van der Waals surface area (Å²) < 4.78 is 0. The summed E-state index contributed by atoms with van der Waals surface area (Å²) in [5, 5.41) is 9.28. The Morgan fingerprint density at radius 1 is 1.40 bits per heavy atom. The van der Waals surface area contributed by atoms with Crippen LogP contribution in [0.1, 0.15) is 18.4 Å². The molecule has 20 heavy (non-hydrogen) atoms. The van der Waals surface area contributed by atoms with Crippen molar-refractivity contribution in [3.63, 3.8) is 0 Å². The van der Waals surface area contributed by atoms with Gasteiger partial charge in [-0.3, -0.25) is 4.79 Å².